The van der Waals surface area contributed by atoms with Crippen molar-refractivity contribution in [2.75, 3.05) is 5.32 Å². The fraction of sp³-hybridized carbons (Fsp3) is 0.333. The Hall–Kier alpha value is -1.09. The van der Waals surface area contributed by atoms with Crippen LogP contribution in [0.1, 0.15) is 12.8 Å². The molecule has 0 atom stereocenters. The third-order valence-electron chi connectivity index (χ3n) is 1.99. The summed E-state index contributed by atoms with van der Waals surface area (Å²) in [5.74, 6) is 0.790. The number of hydrogen-bond donors (Lipinski definition) is 1. The molecule has 0 aromatic carbocycles. The summed E-state index contributed by atoms with van der Waals surface area (Å²) in [6, 6.07) is 4.04. The molecule has 0 aliphatic heterocycles. The van der Waals surface area contributed by atoms with Crippen molar-refractivity contribution < 1.29 is 0 Å². The number of rotatable bonds is 2. The van der Waals surface area contributed by atoms with Crippen molar-refractivity contribution in [1.82, 2.24) is 10.2 Å². The smallest absolute Gasteiger partial charge is 0.151 e. The quantitative estimate of drug-likeness (QED) is 0.736. The Bertz CT molecular complexity index is 299. The molecule has 1 aromatic heterocycles. The van der Waals surface area contributed by atoms with Gasteiger partial charge in [0.25, 0.3) is 0 Å². The van der Waals surface area contributed by atoms with Gasteiger partial charge in [0.1, 0.15) is 5.82 Å². The predicted octanol–water partition coefficient (Wildman–Crippen LogP) is 2.26. The van der Waals surface area contributed by atoms with Gasteiger partial charge in [0.2, 0.25) is 0 Å². The first-order chi connectivity index (χ1) is 6.34. The number of nitrogens with zero attached hydrogens (tertiary/aromatic N) is 2. The van der Waals surface area contributed by atoms with Crippen LogP contribution in [0.5, 0.6) is 0 Å². The van der Waals surface area contributed by atoms with E-state index in [0.29, 0.717) is 11.2 Å². The summed E-state index contributed by atoms with van der Waals surface area (Å²) >= 11 is 5.61. The van der Waals surface area contributed by atoms with Gasteiger partial charge in [-0.05, 0) is 25.0 Å². The van der Waals surface area contributed by atoms with Crippen LogP contribution in [-0.2, 0) is 0 Å². The normalized spacial score (nSPS) is 16.4. The zero-order chi connectivity index (χ0) is 9.10. The minimum Gasteiger partial charge on any atom is -0.365 e. The molecule has 0 bridgehead atoms. The summed E-state index contributed by atoms with van der Waals surface area (Å²) in [5.41, 5.74) is 0. The minimum absolute atomic E-state index is 0.426. The van der Waals surface area contributed by atoms with E-state index in [1.54, 1.807) is 6.07 Å². The first-order valence-corrected chi connectivity index (χ1v) is 4.63. The third-order valence-corrected chi connectivity index (χ3v) is 2.19. The van der Waals surface area contributed by atoms with Crippen molar-refractivity contribution in [3.05, 3.63) is 29.4 Å². The topological polar surface area (TPSA) is 37.8 Å². The van der Waals surface area contributed by atoms with Crippen LogP contribution in [0, 0.1) is 0 Å². The zero-order valence-corrected chi connectivity index (χ0v) is 7.83. The molecule has 0 saturated carbocycles. The van der Waals surface area contributed by atoms with E-state index in [1.807, 2.05) is 6.07 Å². The Kier molecular flexibility index (Phi) is 2.45. The lowest BCUT2D eigenvalue weighted by Crippen LogP contribution is -2.16. The zero-order valence-electron chi connectivity index (χ0n) is 7.07. The van der Waals surface area contributed by atoms with Crippen molar-refractivity contribution in [2.24, 2.45) is 0 Å². The molecule has 0 spiro atoms. The second-order valence-corrected chi connectivity index (χ2v) is 3.41. The van der Waals surface area contributed by atoms with Crippen molar-refractivity contribution in [3.8, 4) is 0 Å². The van der Waals surface area contributed by atoms with E-state index in [0.717, 1.165) is 18.7 Å². The molecule has 1 heterocycles. The molecule has 1 aliphatic rings. The molecular formula is C9H10ClN3. The highest BCUT2D eigenvalue weighted by Gasteiger charge is 2.09. The summed E-state index contributed by atoms with van der Waals surface area (Å²) in [4.78, 5) is 0. The number of anilines is 1. The maximum atomic E-state index is 5.61. The predicted molar refractivity (Wildman–Crippen MR) is 52.8 cm³/mol. The molecule has 1 aromatic rings. The van der Waals surface area contributed by atoms with E-state index in [4.69, 9.17) is 11.6 Å². The van der Waals surface area contributed by atoms with E-state index < -0.39 is 0 Å². The van der Waals surface area contributed by atoms with Crippen LogP contribution in [0.4, 0.5) is 5.82 Å². The van der Waals surface area contributed by atoms with E-state index in [1.165, 1.54) is 0 Å². The van der Waals surface area contributed by atoms with Gasteiger partial charge in [0.05, 0.1) is 0 Å². The first-order valence-electron chi connectivity index (χ1n) is 4.25. The van der Waals surface area contributed by atoms with Crippen LogP contribution in [0.2, 0.25) is 5.15 Å². The summed E-state index contributed by atoms with van der Waals surface area (Å²) in [7, 11) is 0. The van der Waals surface area contributed by atoms with E-state index in [9.17, 15) is 0 Å². The van der Waals surface area contributed by atoms with Gasteiger partial charge < -0.3 is 5.32 Å². The van der Waals surface area contributed by atoms with Gasteiger partial charge >= 0.3 is 0 Å². The van der Waals surface area contributed by atoms with Crippen molar-refractivity contribution in [2.45, 2.75) is 18.9 Å². The molecule has 0 saturated heterocycles. The average molecular weight is 196 g/mol. The van der Waals surface area contributed by atoms with Gasteiger partial charge in [-0.15, -0.1) is 10.2 Å². The molecule has 13 heavy (non-hydrogen) atoms. The fourth-order valence-electron chi connectivity index (χ4n) is 1.34. The second kappa shape index (κ2) is 3.75. The highest BCUT2D eigenvalue weighted by Crippen LogP contribution is 2.15. The molecule has 68 valence electrons. The first kappa shape index (κ1) is 8.51. The van der Waals surface area contributed by atoms with Gasteiger partial charge in [-0.25, -0.2) is 0 Å². The Balaban J connectivity index is 1.97. The standard InChI is InChI=1S/C9H10ClN3/c10-8-5-6-9(13-12-8)11-7-3-1-2-4-7/h1-2,5-7H,3-4H2,(H,11,13). The maximum Gasteiger partial charge on any atom is 0.151 e. The number of nitrogens with one attached hydrogen (secondary N) is 1. The van der Waals surface area contributed by atoms with Crippen molar-refractivity contribution in [3.63, 3.8) is 0 Å². The van der Waals surface area contributed by atoms with Crippen LogP contribution in [0.3, 0.4) is 0 Å². The number of halogens is 1. The summed E-state index contributed by atoms with van der Waals surface area (Å²) in [6.45, 7) is 0. The highest BCUT2D eigenvalue weighted by atomic mass is 35.5. The van der Waals surface area contributed by atoms with Crippen LogP contribution in [0.25, 0.3) is 0 Å². The monoisotopic (exact) mass is 195 g/mol. The molecule has 1 N–H and O–H groups in total. The lowest BCUT2D eigenvalue weighted by molar-refractivity contribution is 0.775. The number of hydrogen-bond acceptors (Lipinski definition) is 3. The molecule has 0 amide bonds. The van der Waals surface area contributed by atoms with Gasteiger partial charge in [-0.2, -0.15) is 0 Å². The van der Waals surface area contributed by atoms with Crippen LogP contribution in [0.15, 0.2) is 24.3 Å². The Labute approximate surface area is 81.8 Å². The van der Waals surface area contributed by atoms with E-state index >= 15 is 0 Å². The third kappa shape index (κ3) is 2.18. The van der Waals surface area contributed by atoms with Gasteiger partial charge in [0.15, 0.2) is 5.15 Å². The van der Waals surface area contributed by atoms with E-state index in [-0.39, 0.29) is 0 Å². The van der Waals surface area contributed by atoms with E-state index in [2.05, 4.69) is 27.7 Å². The molecule has 2 rings (SSSR count). The molecule has 0 unspecified atom stereocenters. The Morgan fingerprint density at radius 3 is 2.62 bits per heavy atom. The van der Waals surface area contributed by atoms with Crippen LogP contribution in [-0.4, -0.2) is 16.2 Å². The Morgan fingerprint density at radius 2 is 2.00 bits per heavy atom. The largest absolute Gasteiger partial charge is 0.365 e. The summed E-state index contributed by atoms with van der Waals surface area (Å²) < 4.78 is 0. The van der Waals surface area contributed by atoms with Crippen LogP contribution < -0.4 is 5.32 Å². The number of aromatic nitrogens is 2. The highest BCUT2D eigenvalue weighted by molar-refractivity contribution is 6.29. The molecule has 0 fully saturated rings. The second-order valence-electron chi connectivity index (χ2n) is 3.03. The molecule has 3 nitrogen and oxygen atoms in total. The van der Waals surface area contributed by atoms with Gasteiger partial charge in [-0.1, -0.05) is 23.8 Å². The summed E-state index contributed by atoms with van der Waals surface area (Å²) in [6.07, 6.45) is 6.46. The van der Waals surface area contributed by atoms with Gasteiger partial charge in [-0.3, -0.25) is 0 Å². The van der Waals surface area contributed by atoms with Crippen molar-refractivity contribution in [1.29, 1.82) is 0 Å². The lowest BCUT2D eigenvalue weighted by Gasteiger charge is -2.11. The molecule has 1 aliphatic carbocycles. The fourth-order valence-corrected chi connectivity index (χ4v) is 1.44. The minimum atomic E-state index is 0.426. The molecule has 4 heteroatoms. The SMILES string of the molecule is Clc1ccc(NC2CC=CC2)nn1. The van der Waals surface area contributed by atoms with Gasteiger partial charge in [0, 0.05) is 6.04 Å². The average Bonchev–Trinajstić information content (AvgIpc) is 2.62. The molecular weight excluding hydrogens is 186 g/mol. The Morgan fingerprint density at radius 1 is 1.23 bits per heavy atom. The van der Waals surface area contributed by atoms with Crippen molar-refractivity contribution >= 4 is 17.4 Å². The maximum absolute atomic E-state index is 5.61. The lowest BCUT2D eigenvalue weighted by atomic mass is 10.2. The molecule has 0 radical (unpaired) electrons. The van der Waals surface area contributed by atoms with Crippen LogP contribution >= 0.6 is 11.6 Å². The summed E-state index contributed by atoms with van der Waals surface area (Å²) in [5, 5.41) is 11.4.